The molecule has 0 radical (unpaired) electrons. The van der Waals surface area contributed by atoms with Crippen molar-refractivity contribution in [3.63, 3.8) is 0 Å². The quantitative estimate of drug-likeness (QED) is 0.593. The average Bonchev–Trinajstić information content (AvgIpc) is 3.19. The van der Waals surface area contributed by atoms with Gasteiger partial charge in [0.1, 0.15) is 5.65 Å². The first-order chi connectivity index (χ1) is 12.0. The van der Waals surface area contributed by atoms with Gasteiger partial charge in [0.05, 0.1) is 18.3 Å². The van der Waals surface area contributed by atoms with E-state index in [9.17, 15) is 13.2 Å². The highest BCUT2D eigenvalue weighted by molar-refractivity contribution is 5.92. The van der Waals surface area contributed by atoms with Gasteiger partial charge in [-0.25, -0.2) is 14.5 Å². The number of anilines is 1. The van der Waals surface area contributed by atoms with Gasteiger partial charge in [-0.1, -0.05) is 0 Å². The highest BCUT2D eigenvalue weighted by Crippen LogP contribution is 2.26. The van der Waals surface area contributed by atoms with Gasteiger partial charge in [0.15, 0.2) is 5.65 Å². The van der Waals surface area contributed by atoms with Crippen LogP contribution in [0.2, 0.25) is 0 Å². The molecule has 0 bridgehead atoms. The summed E-state index contributed by atoms with van der Waals surface area (Å²) in [5.74, 6) is 0.143. The van der Waals surface area contributed by atoms with Gasteiger partial charge in [-0.05, 0) is 6.07 Å². The molecular weight excluding hydrogens is 335 g/mol. The van der Waals surface area contributed by atoms with E-state index in [-0.39, 0.29) is 12.5 Å². The summed E-state index contributed by atoms with van der Waals surface area (Å²) in [7, 11) is 0. The van der Waals surface area contributed by atoms with Gasteiger partial charge >= 0.3 is 6.18 Å². The molecule has 0 amide bonds. The molecule has 0 spiro atoms. The highest BCUT2D eigenvalue weighted by atomic mass is 19.4. The Morgan fingerprint density at radius 1 is 1.20 bits per heavy atom. The maximum Gasteiger partial charge on any atom is 0.390 e. The van der Waals surface area contributed by atoms with Crippen molar-refractivity contribution in [1.29, 1.82) is 0 Å². The zero-order chi connectivity index (χ0) is 17.4. The van der Waals surface area contributed by atoms with Crippen LogP contribution < -0.4 is 5.32 Å². The number of aromatic nitrogens is 6. The summed E-state index contributed by atoms with van der Waals surface area (Å²) < 4.78 is 38.2. The molecule has 0 saturated heterocycles. The number of hydrogen-bond donors (Lipinski definition) is 2. The van der Waals surface area contributed by atoms with E-state index in [1.807, 2.05) is 6.07 Å². The molecule has 0 fully saturated rings. The third-order valence-corrected chi connectivity index (χ3v) is 3.66. The van der Waals surface area contributed by atoms with Gasteiger partial charge in [-0.15, -0.1) is 0 Å². The van der Waals surface area contributed by atoms with Gasteiger partial charge in [0, 0.05) is 42.2 Å². The molecular formula is C15H12F3N7. The Hall–Kier alpha value is -3.17. The van der Waals surface area contributed by atoms with Gasteiger partial charge in [0.25, 0.3) is 0 Å². The molecule has 0 aliphatic heterocycles. The third-order valence-electron chi connectivity index (χ3n) is 3.66. The predicted octanol–water partition coefficient (Wildman–Crippen LogP) is 3.03. The number of rotatable bonds is 4. The fraction of sp³-hybridized carbons (Fsp3) is 0.200. The summed E-state index contributed by atoms with van der Waals surface area (Å²) in [6, 6.07) is 3.61. The van der Waals surface area contributed by atoms with Crippen molar-refractivity contribution >= 4 is 22.6 Å². The summed E-state index contributed by atoms with van der Waals surface area (Å²) in [5.41, 5.74) is 2.76. The van der Waals surface area contributed by atoms with E-state index >= 15 is 0 Å². The molecule has 0 aromatic carbocycles. The lowest BCUT2D eigenvalue weighted by atomic mass is 10.2. The first-order valence-electron chi connectivity index (χ1n) is 7.45. The Kier molecular flexibility index (Phi) is 3.52. The predicted molar refractivity (Wildman–Crippen MR) is 85.0 cm³/mol. The zero-order valence-corrected chi connectivity index (χ0v) is 12.7. The van der Waals surface area contributed by atoms with Crippen LogP contribution in [0.4, 0.5) is 19.1 Å². The van der Waals surface area contributed by atoms with E-state index in [4.69, 9.17) is 0 Å². The first-order valence-corrected chi connectivity index (χ1v) is 7.45. The fourth-order valence-electron chi connectivity index (χ4n) is 2.48. The molecule has 4 heterocycles. The first kappa shape index (κ1) is 15.4. The number of hydrogen-bond acceptors (Lipinski definition) is 5. The largest absolute Gasteiger partial charge is 0.390 e. The number of alkyl halides is 3. The Labute approximate surface area is 138 Å². The van der Waals surface area contributed by atoms with Gasteiger partial charge in [-0.3, -0.25) is 0 Å². The number of nitrogens with zero attached hydrogens (tertiary/aromatic N) is 5. The lowest BCUT2D eigenvalue weighted by molar-refractivity contribution is -0.131. The van der Waals surface area contributed by atoms with Crippen molar-refractivity contribution < 1.29 is 13.2 Å². The third kappa shape index (κ3) is 3.10. The number of nitrogens with one attached hydrogen (secondary N) is 2. The fourth-order valence-corrected chi connectivity index (χ4v) is 2.48. The minimum Gasteiger partial charge on any atom is -0.354 e. The SMILES string of the molecule is FC(F)(F)CCNc1ncc2c(-c3ccn4nccc4n3)c[nH]c2n1. The lowest BCUT2D eigenvalue weighted by Gasteiger charge is -2.07. The van der Waals surface area contributed by atoms with Crippen LogP contribution in [0, 0.1) is 0 Å². The Balaban J connectivity index is 1.61. The summed E-state index contributed by atoms with van der Waals surface area (Å²) in [4.78, 5) is 15.8. The van der Waals surface area contributed by atoms with Gasteiger partial charge < -0.3 is 10.3 Å². The Morgan fingerprint density at radius 2 is 2.08 bits per heavy atom. The molecule has 0 saturated carbocycles. The standard InChI is InChI=1S/C15H12F3N7/c16-15(17,18)3-5-19-14-21-8-10-9(7-20-13(10)24-14)11-2-6-25-12(23-11)1-4-22-25/h1-2,4,6-8H,3,5H2,(H2,19,20,21,24). The van der Waals surface area contributed by atoms with Crippen molar-refractivity contribution in [2.75, 3.05) is 11.9 Å². The van der Waals surface area contributed by atoms with Crippen LogP contribution >= 0.6 is 0 Å². The molecule has 128 valence electrons. The van der Waals surface area contributed by atoms with E-state index in [1.54, 1.807) is 35.4 Å². The van der Waals surface area contributed by atoms with Crippen LogP contribution in [0.25, 0.3) is 27.9 Å². The molecule has 4 aromatic heterocycles. The molecule has 0 atom stereocenters. The number of H-pyrrole nitrogens is 1. The molecule has 4 aromatic rings. The zero-order valence-electron chi connectivity index (χ0n) is 12.7. The minimum absolute atomic E-state index is 0.143. The van der Waals surface area contributed by atoms with Crippen LogP contribution in [0.3, 0.4) is 0 Å². The maximum absolute atomic E-state index is 12.2. The van der Waals surface area contributed by atoms with Gasteiger partial charge in [0.2, 0.25) is 5.95 Å². The number of fused-ring (bicyclic) bond motifs is 2. The molecule has 25 heavy (non-hydrogen) atoms. The topological polar surface area (TPSA) is 83.8 Å². The molecule has 0 aliphatic carbocycles. The molecule has 0 aliphatic rings. The van der Waals surface area contributed by atoms with E-state index < -0.39 is 12.6 Å². The Bertz CT molecular complexity index is 1030. The van der Waals surface area contributed by atoms with Crippen molar-refractivity contribution in [2.24, 2.45) is 0 Å². The van der Waals surface area contributed by atoms with Crippen LogP contribution in [-0.4, -0.2) is 42.3 Å². The van der Waals surface area contributed by atoms with Crippen molar-refractivity contribution in [1.82, 2.24) is 29.5 Å². The van der Waals surface area contributed by atoms with Crippen molar-refractivity contribution in [3.05, 3.63) is 36.9 Å². The lowest BCUT2D eigenvalue weighted by Crippen LogP contribution is -2.15. The highest BCUT2D eigenvalue weighted by Gasteiger charge is 2.26. The van der Waals surface area contributed by atoms with E-state index in [2.05, 4.69) is 30.4 Å². The molecule has 4 rings (SSSR count). The monoisotopic (exact) mass is 347 g/mol. The molecule has 7 nitrogen and oxygen atoms in total. The summed E-state index contributed by atoms with van der Waals surface area (Å²) in [5, 5.41) is 7.40. The van der Waals surface area contributed by atoms with Crippen LogP contribution in [0.5, 0.6) is 0 Å². The second-order valence-corrected chi connectivity index (χ2v) is 5.40. The smallest absolute Gasteiger partial charge is 0.354 e. The number of halogens is 3. The minimum atomic E-state index is -4.21. The van der Waals surface area contributed by atoms with E-state index in [1.165, 1.54) is 0 Å². The van der Waals surface area contributed by atoms with Crippen LogP contribution in [0.15, 0.2) is 36.9 Å². The second-order valence-electron chi connectivity index (χ2n) is 5.40. The summed E-state index contributed by atoms with van der Waals surface area (Å²) >= 11 is 0. The van der Waals surface area contributed by atoms with Crippen molar-refractivity contribution in [2.45, 2.75) is 12.6 Å². The number of aromatic amines is 1. The summed E-state index contributed by atoms with van der Waals surface area (Å²) in [6.45, 7) is -0.276. The molecule has 10 heteroatoms. The average molecular weight is 347 g/mol. The van der Waals surface area contributed by atoms with Crippen molar-refractivity contribution in [3.8, 4) is 11.3 Å². The van der Waals surface area contributed by atoms with Crippen LogP contribution in [-0.2, 0) is 0 Å². The maximum atomic E-state index is 12.2. The van der Waals surface area contributed by atoms with Crippen LogP contribution in [0.1, 0.15) is 6.42 Å². The van der Waals surface area contributed by atoms with E-state index in [0.717, 1.165) is 16.6 Å². The molecule has 2 N–H and O–H groups in total. The Morgan fingerprint density at radius 3 is 2.92 bits per heavy atom. The molecule has 0 unspecified atom stereocenters. The van der Waals surface area contributed by atoms with E-state index in [0.29, 0.717) is 11.3 Å². The normalized spacial score (nSPS) is 12.1. The summed E-state index contributed by atoms with van der Waals surface area (Å²) in [6.07, 6.45) is 1.60. The van der Waals surface area contributed by atoms with Gasteiger partial charge in [-0.2, -0.15) is 23.3 Å². The second kappa shape index (κ2) is 5.72.